The van der Waals surface area contributed by atoms with E-state index in [2.05, 4.69) is 4.74 Å². The molecule has 1 atom stereocenters. The summed E-state index contributed by atoms with van der Waals surface area (Å²) >= 11 is 0. The normalized spacial score (nSPS) is 19.8. The molecule has 2 nitrogen and oxygen atoms in total. The molecule has 0 saturated heterocycles. The van der Waals surface area contributed by atoms with Gasteiger partial charge in [-0.05, 0) is 24.1 Å². The van der Waals surface area contributed by atoms with Crippen LogP contribution in [0, 0.1) is 5.92 Å². The molecule has 0 amide bonds. The predicted octanol–water partition coefficient (Wildman–Crippen LogP) is 2.96. The molecular weight excluding hydrogens is 221 g/mol. The topological polar surface area (TPSA) is 26.3 Å². The molecule has 0 bridgehead atoms. The number of rotatable bonds is 1. The van der Waals surface area contributed by atoms with Crippen molar-refractivity contribution in [2.75, 3.05) is 0 Å². The van der Waals surface area contributed by atoms with Crippen molar-refractivity contribution in [1.82, 2.24) is 0 Å². The molecule has 0 fully saturated rings. The second-order valence-corrected chi connectivity index (χ2v) is 3.84. The van der Waals surface area contributed by atoms with Gasteiger partial charge in [-0.15, -0.1) is 13.2 Å². The fraction of sp³-hybridized carbons (Fsp3) is 0.364. The maximum absolute atomic E-state index is 12.0. The summed E-state index contributed by atoms with van der Waals surface area (Å²) in [5, 5.41) is 0. The molecule has 0 spiro atoms. The van der Waals surface area contributed by atoms with Crippen LogP contribution in [0.3, 0.4) is 0 Å². The summed E-state index contributed by atoms with van der Waals surface area (Å²) in [5.41, 5.74) is 1.13. The highest BCUT2D eigenvalue weighted by Crippen LogP contribution is 2.31. The van der Waals surface area contributed by atoms with Crippen LogP contribution in [0.25, 0.3) is 0 Å². The molecule has 1 aliphatic rings. The highest BCUT2D eigenvalue weighted by atomic mass is 19.4. The SMILES string of the molecule is CC1Cc2ccc(OC(F)(F)F)cc2C1=O. The second kappa shape index (κ2) is 3.50. The van der Waals surface area contributed by atoms with Crippen LogP contribution in [0.5, 0.6) is 5.75 Å². The number of Topliss-reactive ketones (excluding diaryl/α,β-unsaturated/α-hetero) is 1. The zero-order valence-corrected chi connectivity index (χ0v) is 8.47. The lowest BCUT2D eigenvalue weighted by molar-refractivity contribution is -0.274. The van der Waals surface area contributed by atoms with Crippen LogP contribution in [0.4, 0.5) is 13.2 Å². The number of hydrogen-bond donors (Lipinski definition) is 0. The second-order valence-electron chi connectivity index (χ2n) is 3.84. The van der Waals surface area contributed by atoms with E-state index in [0.717, 1.165) is 11.6 Å². The van der Waals surface area contributed by atoms with Gasteiger partial charge in [0.15, 0.2) is 5.78 Å². The smallest absolute Gasteiger partial charge is 0.406 e. The average molecular weight is 230 g/mol. The number of carbonyl (C=O) groups is 1. The van der Waals surface area contributed by atoms with E-state index in [9.17, 15) is 18.0 Å². The number of ether oxygens (including phenoxy) is 1. The Bertz CT molecular complexity index is 437. The van der Waals surface area contributed by atoms with E-state index in [1.165, 1.54) is 12.1 Å². The quantitative estimate of drug-likeness (QED) is 0.741. The van der Waals surface area contributed by atoms with Crippen molar-refractivity contribution in [2.45, 2.75) is 19.7 Å². The minimum atomic E-state index is -4.72. The number of alkyl halides is 3. The largest absolute Gasteiger partial charge is 0.573 e. The van der Waals surface area contributed by atoms with Gasteiger partial charge in [0.2, 0.25) is 0 Å². The molecule has 0 aliphatic heterocycles. The number of halogens is 3. The molecule has 1 aromatic carbocycles. The van der Waals surface area contributed by atoms with E-state index in [0.29, 0.717) is 12.0 Å². The first-order valence-electron chi connectivity index (χ1n) is 4.80. The third-order valence-corrected chi connectivity index (χ3v) is 2.55. The summed E-state index contributed by atoms with van der Waals surface area (Å²) in [6, 6.07) is 3.91. The van der Waals surface area contributed by atoms with Crippen LogP contribution < -0.4 is 4.74 Å². The van der Waals surface area contributed by atoms with Crippen LogP contribution in [0.2, 0.25) is 0 Å². The summed E-state index contributed by atoms with van der Waals surface area (Å²) in [5.74, 6) is -0.618. The van der Waals surface area contributed by atoms with Gasteiger partial charge in [0, 0.05) is 11.5 Å². The maximum Gasteiger partial charge on any atom is 0.573 e. The van der Waals surface area contributed by atoms with Gasteiger partial charge in [0.25, 0.3) is 0 Å². The lowest BCUT2D eigenvalue weighted by Gasteiger charge is -2.09. The minimum Gasteiger partial charge on any atom is -0.406 e. The lowest BCUT2D eigenvalue weighted by atomic mass is 10.1. The number of benzene rings is 1. The van der Waals surface area contributed by atoms with E-state index >= 15 is 0 Å². The van der Waals surface area contributed by atoms with Gasteiger partial charge >= 0.3 is 6.36 Å². The monoisotopic (exact) mass is 230 g/mol. The molecule has 1 aliphatic carbocycles. The number of fused-ring (bicyclic) bond motifs is 1. The molecule has 2 rings (SSSR count). The van der Waals surface area contributed by atoms with Gasteiger partial charge in [-0.2, -0.15) is 0 Å². The summed E-state index contributed by atoms with van der Waals surface area (Å²) in [6.45, 7) is 1.76. The molecule has 0 radical (unpaired) electrons. The lowest BCUT2D eigenvalue weighted by Crippen LogP contribution is -2.17. The summed E-state index contributed by atoms with van der Waals surface area (Å²) in [4.78, 5) is 11.6. The van der Waals surface area contributed by atoms with Crippen molar-refractivity contribution >= 4 is 5.78 Å². The summed E-state index contributed by atoms with van der Waals surface area (Å²) in [7, 11) is 0. The van der Waals surface area contributed by atoms with Crippen LogP contribution in [-0.4, -0.2) is 12.1 Å². The van der Waals surface area contributed by atoms with Gasteiger partial charge in [0.05, 0.1) is 0 Å². The molecule has 5 heteroatoms. The van der Waals surface area contributed by atoms with Crippen molar-refractivity contribution in [3.8, 4) is 5.75 Å². The molecule has 1 unspecified atom stereocenters. The Morgan fingerprint density at radius 3 is 2.69 bits per heavy atom. The molecule has 0 heterocycles. The van der Waals surface area contributed by atoms with Crippen LogP contribution in [0.1, 0.15) is 22.8 Å². The van der Waals surface area contributed by atoms with E-state index in [1.54, 1.807) is 6.92 Å². The predicted molar refractivity (Wildman–Crippen MR) is 50.3 cm³/mol. The zero-order chi connectivity index (χ0) is 11.9. The first-order valence-corrected chi connectivity index (χ1v) is 4.80. The maximum atomic E-state index is 12.0. The summed E-state index contributed by atoms with van der Waals surface area (Å²) < 4.78 is 39.6. The Morgan fingerprint density at radius 2 is 2.06 bits per heavy atom. The standard InChI is InChI=1S/C11H9F3O2/c1-6-4-7-2-3-8(16-11(12,13)14)5-9(7)10(6)15/h2-3,5-6H,4H2,1H3. The van der Waals surface area contributed by atoms with Gasteiger partial charge in [0.1, 0.15) is 5.75 Å². The van der Waals surface area contributed by atoms with Crippen molar-refractivity contribution < 1.29 is 22.7 Å². The molecule has 86 valence electrons. The number of ketones is 1. The first kappa shape index (κ1) is 11.0. The van der Waals surface area contributed by atoms with Crippen molar-refractivity contribution in [2.24, 2.45) is 5.92 Å². The van der Waals surface area contributed by atoms with Crippen molar-refractivity contribution in [3.63, 3.8) is 0 Å². The fourth-order valence-corrected chi connectivity index (χ4v) is 1.85. The highest BCUT2D eigenvalue weighted by molar-refractivity contribution is 6.02. The Labute approximate surface area is 90.0 Å². The molecule has 0 N–H and O–H groups in total. The average Bonchev–Trinajstić information content (AvgIpc) is 2.42. The first-order chi connectivity index (χ1) is 7.37. The Morgan fingerprint density at radius 1 is 1.38 bits per heavy atom. The molecule has 16 heavy (non-hydrogen) atoms. The van der Waals surface area contributed by atoms with Crippen molar-refractivity contribution in [1.29, 1.82) is 0 Å². The highest BCUT2D eigenvalue weighted by Gasteiger charge is 2.33. The Hall–Kier alpha value is -1.52. The Kier molecular flexibility index (Phi) is 2.40. The van der Waals surface area contributed by atoms with Gasteiger partial charge in [-0.25, -0.2) is 0 Å². The minimum absolute atomic E-state index is 0.123. The van der Waals surface area contributed by atoms with Crippen LogP contribution >= 0.6 is 0 Å². The van der Waals surface area contributed by atoms with E-state index in [4.69, 9.17) is 0 Å². The van der Waals surface area contributed by atoms with Gasteiger partial charge < -0.3 is 4.74 Å². The van der Waals surface area contributed by atoms with E-state index in [-0.39, 0.29) is 17.5 Å². The van der Waals surface area contributed by atoms with Gasteiger partial charge in [-0.1, -0.05) is 13.0 Å². The molecular formula is C11H9F3O2. The summed E-state index contributed by atoms with van der Waals surface area (Å²) in [6.07, 6.45) is -4.14. The molecule has 0 saturated carbocycles. The number of hydrogen-bond acceptors (Lipinski definition) is 2. The zero-order valence-electron chi connectivity index (χ0n) is 8.47. The molecule has 0 aromatic heterocycles. The third kappa shape index (κ3) is 2.03. The number of carbonyl (C=O) groups excluding carboxylic acids is 1. The third-order valence-electron chi connectivity index (χ3n) is 2.55. The van der Waals surface area contributed by atoms with Crippen LogP contribution in [-0.2, 0) is 6.42 Å². The fourth-order valence-electron chi connectivity index (χ4n) is 1.85. The van der Waals surface area contributed by atoms with Gasteiger partial charge in [-0.3, -0.25) is 4.79 Å². The van der Waals surface area contributed by atoms with E-state index < -0.39 is 6.36 Å². The Balaban J connectivity index is 2.31. The van der Waals surface area contributed by atoms with E-state index in [1.807, 2.05) is 0 Å². The van der Waals surface area contributed by atoms with Crippen molar-refractivity contribution in [3.05, 3.63) is 29.3 Å². The molecule has 1 aromatic rings. The van der Waals surface area contributed by atoms with Crippen LogP contribution in [0.15, 0.2) is 18.2 Å².